The summed E-state index contributed by atoms with van der Waals surface area (Å²) in [5, 5.41) is 9.82. The maximum atomic E-state index is 11.1. The Morgan fingerprint density at radius 3 is 2.75 bits per heavy atom. The zero-order valence-corrected chi connectivity index (χ0v) is 10.8. The first kappa shape index (κ1) is 13.7. The van der Waals surface area contributed by atoms with Crippen LogP contribution in [-0.4, -0.2) is 42.0 Å². The number of nitrogens with zero attached hydrogens (tertiary/aromatic N) is 1. The summed E-state index contributed by atoms with van der Waals surface area (Å²) < 4.78 is 0. The van der Waals surface area contributed by atoms with Crippen LogP contribution >= 0.6 is 0 Å². The topological polar surface area (TPSA) is 40.5 Å². The fourth-order valence-corrected chi connectivity index (χ4v) is 2.52. The van der Waals surface area contributed by atoms with Crippen LogP contribution in [0.15, 0.2) is 0 Å². The maximum absolute atomic E-state index is 11.1. The third-order valence-corrected chi connectivity index (χ3v) is 3.69. The first-order chi connectivity index (χ1) is 7.50. The molecule has 0 amide bonds. The highest BCUT2D eigenvalue weighted by Crippen LogP contribution is 2.25. The van der Waals surface area contributed by atoms with E-state index in [1.54, 1.807) is 0 Å². The molecule has 0 aliphatic carbocycles. The second-order valence-corrected chi connectivity index (χ2v) is 5.59. The summed E-state index contributed by atoms with van der Waals surface area (Å²) >= 11 is 0. The molecule has 1 rings (SSSR count). The number of likely N-dealkylation sites (tertiary alicyclic amines) is 1. The molecule has 1 N–H and O–H groups in total. The number of aliphatic hydroxyl groups is 1. The third-order valence-electron chi connectivity index (χ3n) is 3.69. The molecule has 0 radical (unpaired) electrons. The zero-order valence-electron chi connectivity index (χ0n) is 10.8. The molecule has 94 valence electrons. The SMILES string of the molecule is CCCC(C)(C=O)CN1CCC(C)C(O)C1. The lowest BCUT2D eigenvalue weighted by Gasteiger charge is -2.38. The van der Waals surface area contributed by atoms with Crippen molar-refractivity contribution in [2.75, 3.05) is 19.6 Å². The summed E-state index contributed by atoms with van der Waals surface area (Å²) in [6, 6.07) is 0. The first-order valence-electron chi connectivity index (χ1n) is 6.37. The molecule has 1 heterocycles. The highest BCUT2D eigenvalue weighted by atomic mass is 16.3. The molecule has 3 nitrogen and oxygen atoms in total. The monoisotopic (exact) mass is 227 g/mol. The van der Waals surface area contributed by atoms with Crippen molar-refractivity contribution in [3.05, 3.63) is 0 Å². The van der Waals surface area contributed by atoms with E-state index in [1.165, 1.54) is 0 Å². The van der Waals surface area contributed by atoms with E-state index in [-0.39, 0.29) is 11.5 Å². The first-order valence-corrected chi connectivity index (χ1v) is 6.37. The number of piperidine rings is 1. The van der Waals surface area contributed by atoms with Gasteiger partial charge in [-0.15, -0.1) is 0 Å². The van der Waals surface area contributed by atoms with Gasteiger partial charge in [-0.25, -0.2) is 0 Å². The van der Waals surface area contributed by atoms with Crippen molar-refractivity contribution in [1.29, 1.82) is 0 Å². The van der Waals surface area contributed by atoms with Crippen molar-refractivity contribution >= 4 is 6.29 Å². The van der Waals surface area contributed by atoms with Gasteiger partial charge in [0, 0.05) is 18.5 Å². The summed E-state index contributed by atoms with van der Waals surface area (Å²) in [6.45, 7) is 8.73. The predicted molar refractivity (Wildman–Crippen MR) is 65.3 cm³/mol. The van der Waals surface area contributed by atoms with Crippen molar-refractivity contribution in [1.82, 2.24) is 4.90 Å². The Morgan fingerprint density at radius 1 is 1.56 bits per heavy atom. The van der Waals surface area contributed by atoms with E-state index >= 15 is 0 Å². The molecule has 0 aromatic carbocycles. The number of rotatable bonds is 5. The predicted octanol–water partition coefficient (Wildman–Crippen LogP) is 1.69. The van der Waals surface area contributed by atoms with E-state index in [4.69, 9.17) is 0 Å². The molecule has 3 atom stereocenters. The van der Waals surface area contributed by atoms with Crippen LogP contribution in [0.1, 0.15) is 40.0 Å². The molecular formula is C13H25NO2. The lowest BCUT2D eigenvalue weighted by atomic mass is 9.85. The molecule has 3 heteroatoms. The van der Waals surface area contributed by atoms with Gasteiger partial charge in [0.05, 0.1) is 6.10 Å². The van der Waals surface area contributed by atoms with Crippen molar-refractivity contribution < 1.29 is 9.90 Å². The Kier molecular flexibility index (Phi) is 4.93. The Balaban J connectivity index is 2.50. The van der Waals surface area contributed by atoms with Crippen LogP contribution in [0, 0.1) is 11.3 Å². The van der Waals surface area contributed by atoms with E-state index < -0.39 is 0 Å². The molecule has 3 unspecified atom stereocenters. The van der Waals surface area contributed by atoms with Gasteiger partial charge < -0.3 is 9.90 Å². The number of β-amino-alcohol motifs (C(OH)–C–C–N with tert-alkyl or cyclic N) is 1. The summed E-state index contributed by atoms with van der Waals surface area (Å²) in [5.41, 5.74) is -0.241. The quantitative estimate of drug-likeness (QED) is 0.727. The molecule has 0 saturated carbocycles. The zero-order chi connectivity index (χ0) is 12.2. The van der Waals surface area contributed by atoms with Crippen LogP contribution in [0.25, 0.3) is 0 Å². The van der Waals surface area contributed by atoms with Crippen LogP contribution in [0.4, 0.5) is 0 Å². The van der Waals surface area contributed by atoms with E-state index in [2.05, 4.69) is 18.7 Å². The van der Waals surface area contributed by atoms with Crippen LogP contribution in [0.5, 0.6) is 0 Å². The van der Waals surface area contributed by atoms with E-state index in [0.717, 1.165) is 38.6 Å². The highest BCUT2D eigenvalue weighted by molar-refractivity contribution is 5.59. The minimum atomic E-state index is -0.241. The Bertz CT molecular complexity index is 232. The minimum absolute atomic E-state index is 0.230. The summed E-state index contributed by atoms with van der Waals surface area (Å²) in [7, 11) is 0. The number of carbonyl (C=O) groups is 1. The largest absolute Gasteiger partial charge is 0.392 e. The standard InChI is InChI=1S/C13H25NO2/c1-4-6-13(3,10-15)9-14-7-5-11(2)12(16)8-14/h10-12,16H,4-9H2,1-3H3. The number of hydrogen-bond donors (Lipinski definition) is 1. The van der Waals surface area contributed by atoms with Gasteiger partial charge >= 0.3 is 0 Å². The Morgan fingerprint density at radius 2 is 2.25 bits per heavy atom. The van der Waals surface area contributed by atoms with Crippen molar-refractivity contribution in [3.8, 4) is 0 Å². The van der Waals surface area contributed by atoms with Gasteiger partial charge in [0.15, 0.2) is 0 Å². The van der Waals surface area contributed by atoms with E-state index in [1.807, 2.05) is 6.92 Å². The highest BCUT2D eigenvalue weighted by Gasteiger charge is 2.30. The second-order valence-electron chi connectivity index (χ2n) is 5.59. The number of hydrogen-bond acceptors (Lipinski definition) is 3. The van der Waals surface area contributed by atoms with Gasteiger partial charge in [0.2, 0.25) is 0 Å². The van der Waals surface area contributed by atoms with Crippen LogP contribution in [0.3, 0.4) is 0 Å². The second kappa shape index (κ2) is 5.78. The summed E-state index contributed by atoms with van der Waals surface area (Å²) in [4.78, 5) is 13.4. The summed E-state index contributed by atoms with van der Waals surface area (Å²) in [6.07, 6.45) is 3.84. The fourth-order valence-electron chi connectivity index (χ4n) is 2.52. The van der Waals surface area contributed by atoms with Gasteiger partial charge in [0.1, 0.15) is 6.29 Å². The van der Waals surface area contributed by atoms with Gasteiger partial charge in [-0.3, -0.25) is 4.90 Å². The van der Waals surface area contributed by atoms with Gasteiger partial charge in [0.25, 0.3) is 0 Å². The number of aldehydes is 1. The van der Waals surface area contributed by atoms with Crippen LogP contribution in [-0.2, 0) is 4.79 Å². The molecule has 0 aromatic rings. The molecule has 0 aromatic heterocycles. The molecule has 0 spiro atoms. The van der Waals surface area contributed by atoms with Gasteiger partial charge in [-0.2, -0.15) is 0 Å². The lowest BCUT2D eigenvalue weighted by Crippen LogP contribution is -2.47. The maximum Gasteiger partial charge on any atom is 0.127 e. The Hall–Kier alpha value is -0.410. The molecule has 1 aliphatic heterocycles. The minimum Gasteiger partial charge on any atom is -0.392 e. The average Bonchev–Trinajstić information content (AvgIpc) is 2.24. The molecule has 0 bridgehead atoms. The molecule has 1 fully saturated rings. The number of carbonyl (C=O) groups excluding carboxylic acids is 1. The third kappa shape index (κ3) is 3.56. The lowest BCUT2D eigenvalue weighted by molar-refractivity contribution is -0.117. The van der Waals surface area contributed by atoms with Crippen LogP contribution < -0.4 is 0 Å². The van der Waals surface area contributed by atoms with Crippen molar-refractivity contribution in [3.63, 3.8) is 0 Å². The molecular weight excluding hydrogens is 202 g/mol. The van der Waals surface area contributed by atoms with Gasteiger partial charge in [-0.1, -0.05) is 27.2 Å². The van der Waals surface area contributed by atoms with Crippen molar-refractivity contribution in [2.24, 2.45) is 11.3 Å². The molecule has 1 saturated heterocycles. The smallest absolute Gasteiger partial charge is 0.127 e. The fraction of sp³-hybridized carbons (Fsp3) is 0.923. The summed E-state index contributed by atoms with van der Waals surface area (Å²) in [5.74, 6) is 0.393. The van der Waals surface area contributed by atoms with Gasteiger partial charge in [-0.05, 0) is 25.3 Å². The van der Waals surface area contributed by atoms with Crippen LogP contribution in [0.2, 0.25) is 0 Å². The van der Waals surface area contributed by atoms with E-state index in [9.17, 15) is 9.90 Å². The Labute approximate surface area is 98.8 Å². The number of aliphatic hydroxyl groups excluding tert-OH is 1. The molecule has 16 heavy (non-hydrogen) atoms. The van der Waals surface area contributed by atoms with E-state index in [0.29, 0.717) is 12.5 Å². The van der Waals surface area contributed by atoms with Crippen molar-refractivity contribution in [2.45, 2.75) is 46.1 Å². The normalized spacial score (nSPS) is 31.0. The average molecular weight is 227 g/mol. The molecule has 1 aliphatic rings.